The normalized spacial score (nSPS) is 26.2. The molecule has 1 unspecified atom stereocenters. The van der Waals surface area contributed by atoms with Crippen molar-refractivity contribution in [1.29, 1.82) is 0 Å². The van der Waals surface area contributed by atoms with Gasteiger partial charge < -0.3 is 0 Å². The van der Waals surface area contributed by atoms with Gasteiger partial charge in [-0.05, 0) is 37.2 Å². The van der Waals surface area contributed by atoms with Crippen LogP contribution in [0.1, 0.15) is 57.7 Å². The van der Waals surface area contributed by atoms with Crippen molar-refractivity contribution in [3.05, 3.63) is 18.0 Å². The van der Waals surface area contributed by atoms with E-state index in [2.05, 4.69) is 35.1 Å². The Morgan fingerprint density at radius 1 is 1.44 bits per heavy atom. The van der Waals surface area contributed by atoms with E-state index in [0.29, 0.717) is 5.92 Å². The van der Waals surface area contributed by atoms with Crippen molar-refractivity contribution in [2.24, 2.45) is 17.7 Å². The molecule has 1 aliphatic carbocycles. The molecule has 0 spiro atoms. The number of aryl methyl sites for hydroxylation is 1. The molecule has 1 fully saturated rings. The second-order valence-electron chi connectivity index (χ2n) is 5.64. The zero-order valence-corrected chi connectivity index (χ0v) is 11.6. The fraction of sp³-hybridized carbons (Fsp3) is 0.786. The van der Waals surface area contributed by atoms with Crippen LogP contribution in [0, 0.1) is 11.8 Å². The molecular weight excluding hydrogens is 224 g/mol. The average molecular weight is 250 g/mol. The van der Waals surface area contributed by atoms with Crippen LogP contribution in [0.25, 0.3) is 0 Å². The van der Waals surface area contributed by atoms with E-state index in [4.69, 9.17) is 5.84 Å². The first-order valence-corrected chi connectivity index (χ1v) is 7.24. The second kappa shape index (κ2) is 6.34. The van der Waals surface area contributed by atoms with Gasteiger partial charge in [0.15, 0.2) is 0 Å². The Kier molecular flexibility index (Phi) is 4.78. The van der Waals surface area contributed by atoms with Gasteiger partial charge >= 0.3 is 0 Å². The van der Waals surface area contributed by atoms with Crippen LogP contribution in [0.5, 0.6) is 0 Å². The Morgan fingerprint density at radius 2 is 2.17 bits per heavy atom. The maximum absolute atomic E-state index is 5.80. The first kappa shape index (κ1) is 13.6. The fourth-order valence-electron chi connectivity index (χ4n) is 3.09. The molecule has 1 atom stereocenters. The third-order valence-corrected chi connectivity index (χ3v) is 4.21. The molecule has 4 heteroatoms. The first-order valence-electron chi connectivity index (χ1n) is 7.24. The number of hydrazine groups is 1. The molecule has 0 aromatic carbocycles. The van der Waals surface area contributed by atoms with Gasteiger partial charge in [0.05, 0.1) is 11.7 Å². The maximum Gasteiger partial charge on any atom is 0.0657 e. The summed E-state index contributed by atoms with van der Waals surface area (Å²) in [4.78, 5) is 0. The van der Waals surface area contributed by atoms with E-state index in [-0.39, 0.29) is 6.04 Å². The highest BCUT2D eigenvalue weighted by molar-refractivity contribution is 5.08. The van der Waals surface area contributed by atoms with E-state index in [1.54, 1.807) is 0 Å². The Labute approximate surface area is 110 Å². The monoisotopic (exact) mass is 250 g/mol. The first-order chi connectivity index (χ1) is 8.76. The molecule has 1 aromatic heterocycles. The van der Waals surface area contributed by atoms with E-state index >= 15 is 0 Å². The number of nitrogens with two attached hydrogens (primary N) is 1. The van der Waals surface area contributed by atoms with Crippen LogP contribution in [-0.4, -0.2) is 9.78 Å². The molecule has 18 heavy (non-hydrogen) atoms. The van der Waals surface area contributed by atoms with Crippen molar-refractivity contribution >= 4 is 0 Å². The molecule has 1 heterocycles. The summed E-state index contributed by atoms with van der Waals surface area (Å²) in [5.41, 5.74) is 4.28. The van der Waals surface area contributed by atoms with Crippen molar-refractivity contribution in [3.8, 4) is 0 Å². The summed E-state index contributed by atoms with van der Waals surface area (Å²) in [6.07, 6.45) is 8.19. The number of rotatable bonds is 5. The maximum atomic E-state index is 5.80. The number of aromatic nitrogens is 2. The second-order valence-corrected chi connectivity index (χ2v) is 5.64. The molecule has 2 rings (SSSR count). The molecule has 0 aliphatic heterocycles. The van der Waals surface area contributed by atoms with Gasteiger partial charge in [0, 0.05) is 12.7 Å². The highest BCUT2D eigenvalue weighted by Gasteiger charge is 2.28. The molecule has 4 nitrogen and oxygen atoms in total. The van der Waals surface area contributed by atoms with E-state index in [0.717, 1.165) is 18.9 Å². The average Bonchev–Trinajstić information content (AvgIpc) is 2.82. The molecule has 102 valence electrons. The molecule has 0 amide bonds. The van der Waals surface area contributed by atoms with E-state index in [9.17, 15) is 0 Å². The molecule has 0 bridgehead atoms. The van der Waals surface area contributed by atoms with Gasteiger partial charge in [-0.3, -0.25) is 16.0 Å². The summed E-state index contributed by atoms with van der Waals surface area (Å²) >= 11 is 0. The van der Waals surface area contributed by atoms with Crippen LogP contribution in [0.15, 0.2) is 12.3 Å². The summed E-state index contributed by atoms with van der Waals surface area (Å²) in [5.74, 6) is 7.33. The van der Waals surface area contributed by atoms with Crippen molar-refractivity contribution < 1.29 is 0 Å². The van der Waals surface area contributed by atoms with Crippen molar-refractivity contribution in [1.82, 2.24) is 15.2 Å². The molecular formula is C14H26N4. The van der Waals surface area contributed by atoms with Gasteiger partial charge in [0.25, 0.3) is 0 Å². The lowest BCUT2D eigenvalue weighted by Crippen LogP contribution is -2.36. The van der Waals surface area contributed by atoms with Crippen LogP contribution >= 0.6 is 0 Å². The standard InChI is InChI=1S/C14H26N4/c1-3-10-18-13(8-9-16-18)14(17-15)12-6-4-11(2)5-7-12/h8-9,11-12,14,17H,3-7,10,15H2,1-2H3. The summed E-state index contributed by atoms with van der Waals surface area (Å²) < 4.78 is 2.10. The number of hydrogen-bond donors (Lipinski definition) is 2. The van der Waals surface area contributed by atoms with Gasteiger partial charge in [-0.25, -0.2) is 0 Å². The van der Waals surface area contributed by atoms with Crippen molar-refractivity contribution in [2.45, 2.75) is 58.5 Å². The summed E-state index contributed by atoms with van der Waals surface area (Å²) in [7, 11) is 0. The lowest BCUT2D eigenvalue weighted by atomic mass is 9.78. The molecule has 1 aromatic rings. The molecule has 0 saturated heterocycles. The third-order valence-electron chi connectivity index (χ3n) is 4.21. The van der Waals surface area contributed by atoms with E-state index in [1.807, 2.05) is 6.20 Å². The lowest BCUT2D eigenvalue weighted by molar-refractivity contribution is 0.225. The smallest absolute Gasteiger partial charge is 0.0657 e. The van der Waals surface area contributed by atoms with Crippen LogP contribution < -0.4 is 11.3 Å². The summed E-state index contributed by atoms with van der Waals surface area (Å²) in [5, 5.41) is 4.41. The molecule has 3 N–H and O–H groups in total. The number of nitrogens with one attached hydrogen (secondary N) is 1. The lowest BCUT2D eigenvalue weighted by Gasteiger charge is -2.32. The van der Waals surface area contributed by atoms with Gasteiger partial charge in [-0.1, -0.05) is 26.7 Å². The van der Waals surface area contributed by atoms with Crippen LogP contribution in [-0.2, 0) is 6.54 Å². The van der Waals surface area contributed by atoms with E-state index in [1.165, 1.54) is 31.4 Å². The highest BCUT2D eigenvalue weighted by atomic mass is 15.3. The summed E-state index contributed by atoms with van der Waals surface area (Å²) in [6, 6.07) is 2.37. The Hall–Kier alpha value is -0.870. The minimum absolute atomic E-state index is 0.256. The molecule has 1 aliphatic rings. The quantitative estimate of drug-likeness (QED) is 0.624. The minimum Gasteiger partial charge on any atom is -0.271 e. The van der Waals surface area contributed by atoms with Crippen molar-refractivity contribution in [2.75, 3.05) is 0 Å². The zero-order valence-electron chi connectivity index (χ0n) is 11.6. The molecule has 0 radical (unpaired) electrons. The van der Waals surface area contributed by atoms with Crippen LogP contribution in [0.4, 0.5) is 0 Å². The van der Waals surface area contributed by atoms with Gasteiger partial charge in [0.1, 0.15) is 0 Å². The molecule has 1 saturated carbocycles. The SMILES string of the molecule is CCCn1nccc1C(NN)C1CCC(C)CC1. The van der Waals surface area contributed by atoms with E-state index < -0.39 is 0 Å². The van der Waals surface area contributed by atoms with Crippen LogP contribution in [0.2, 0.25) is 0 Å². The number of hydrogen-bond acceptors (Lipinski definition) is 3. The topological polar surface area (TPSA) is 55.9 Å². The Balaban J connectivity index is 2.09. The van der Waals surface area contributed by atoms with Gasteiger partial charge in [-0.15, -0.1) is 0 Å². The predicted molar refractivity (Wildman–Crippen MR) is 73.7 cm³/mol. The Morgan fingerprint density at radius 3 is 2.78 bits per heavy atom. The minimum atomic E-state index is 0.256. The predicted octanol–water partition coefficient (Wildman–Crippen LogP) is 2.62. The Bertz CT molecular complexity index is 352. The summed E-state index contributed by atoms with van der Waals surface area (Å²) in [6.45, 7) is 5.50. The fourth-order valence-corrected chi connectivity index (χ4v) is 3.09. The van der Waals surface area contributed by atoms with Crippen molar-refractivity contribution in [3.63, 3.8) is 0 Å². The number of nitrogens with zero attached hydrogens (tertiary/aromatic N) is 2. The largest absolute Gasteiger partial charge is 0.271 e. The van der Waals surface area contributed by atoms with Gasteiger partial charge in [-0.2, -0.15) is 5.10 Å². The third kappa shape index (κ3) is 2.93. The van der Waals surface area contributed by atoms with Gasteiger partial charge in [0.2, 0.25) is 0 Å². The zero-order chi connectivity index (χ0) is 13.0. The van der Waals surface area contributed by atoms with Crippen LogP contribution in [0.3, 0.4) is 0 Å². The highest BCUT2D eigenvalue weighted by Crippen LogP contribution is 2.36.